The van der Waals surface area contributed by atoms with Crippen LogP contribution >= 0.6 is 0 Å². The van der Waals surface area contributed by atoms with Crippen molar-refractivity contribution in [1.82, 2.24) is 20.4 Å². The molecule has 0 atom stereocenters. The molecule has 0 saturated heterocycles. The van der Waals surface area contributed by atoms with Crippen LogP contribution in [0, 0.1) is 5.82 Å². The molecule has 0 spiro atoms. The monoisotopic (exact) mass is 338 g/mol. The molecule has 2 amide bonds. The Morgan fingerprint density at radius 2 is 1.68 bits per heavy atom. The molecule has 0 radical (unpaired) electrons. The van der Waals surface area contributed by atoms with E-state index < -0.39 is 0 Å². The minimum atomic E-state index is -0.290. The van der Waals surface area contributed by atoms with E-state index in [4.69, 9.17) is 0 Å². The zero-order chi connectivity index (χ0) is 17.5. The molecule has 128 valence electrons. The SMILES string of the molecule is O=C(NCc1ccc(F)cc1)NCc1ccccc1Cn1cccn1. The second-order valence-corrected chi connectivity index (χ2v) is 5.64. The van der Waals surface area contributed by atoms with E-state index in [1.54, 1.807) is 18.3 Å². The lowest BCUT2D eigenvalue weighted by atomic mass is 10.1. The molecule has 3 aromatic rings. The predicted octanol–water partition coefficient (Wildman–Crippen LogP) is 3.07. The molecule has 0 aliphatic rings. The van der Waals surface area contributed by atoms with E-state index in [2.05, 4.69) is 15.7 Å². The Bertz CT molecular complexity index is 816. The Hall–Kier alpha value is -3.15. The number of amides is 2. The van der Waals surface area contributed by atoms with Crippen molar-refractivity contribution in [3.63, 3.8) is 0 Å². The zero-order valence-electron chi connectivity index (χ0n) is 13.7. The van der Waals surface area contributed by atoms with Crippen molar-refractivity contribution in [3.05, 3.63) is 89.5 Å². The molecule has 3 rings (SSSR count). The van der Waals surface area contributed by atoms with Crippen molar-refractivity contribution in [2.45, 2.75) is 19.6 Å². The maximum atomic E-state index is 12.9. The van der Waals surface area contributed by atoms with Crippen LogP contribution in [0.15, 0.2) is 67.0 Å². The normalized spacial score (nSPS) is 10.4. The molecular weight excluding hydrogens is 319 g/mol. The largest absolute Gasteiger partial charge is 0.334 e. The van der Waals surface area contributed by atoms with Gasteiger partial charge in [0.05, 0.1) is 6.54 Å². The maximum absolute atomic E-state index is 12.9. The first-order valence-electron chi connectivity index (χ1n) is 8.01. The van der Waals surface area contributed by atoms with Crippen LogP contribution < -0.4 is 10.6 Å². The highest BCUT2D eigenvalue weighted by molar-refractivity contribution is 5.73. The number of benzene rings is 2. The molecular formula is C19H19FN4O. The minimum absolute atomic E-state index is 0.266. The lowest BCUT2D eigenvalue weighted by Gasteiger charge is -2.12. The summed E-state index contributed by atoms with van der Waals surface area (Å²) in [4.78, 5) is 12.0. The number of nitrogens with one attached hydrogen (secondary N) is 2. The number of rotatable bonds is 6. The van der Waals surface area contributed by atoms with Crippen molar-refractivity contribution in [3.8, 4) is 0 Å². The first-order chi connectivity index (χ1) is 12.2. The smallest absolute Gasteiger partial charge is 0.315 e. The van der Waals surface area contributed by atoms with Crippen LogP contribution in [0.3, 0.4) is 0 Å². The summed E-state index contributed by atoms with van der Waals surface area (Å²) in [5.74, 6) is -0.290. The molecule has 2 aromatic carbocycles. The fraction of sp³-hybridized carbons (Fsp3) is 0.158. The number of carbonyl (C=O) groups is 1. The summed E-state index contributed by atoms with van der Waals surface area (Å²) in [6.45, 7) is 1.43. The third-order valence-corrected chi connectivity index (χ3v) is 3.82. The van der Waals surface area contributed by atoms with Gasteiger partial charge in [-0.1, -0.05) is 36.4 Å². The highest BCUT2D eigenvalue weighted by atomic mass is 19.1. The van der Waals surface area contributed by atoms with Gasteiger partial charge in [0.15, 0.2) is 0 Å². The summed E-state index contributed by atoms with van der Waals surface area (Å²) in [6, 6.07) is 15.6. The van der Waals surface area contributed by atoms with E-state index in [0.29, 0.717) is 19.6 Å². The molecule has 1 heterocycles. The van der Waals surface area contributed by atoms with Crippen LogP contribution in [0.25, 0.3) is 0 Å². The van der Waals surface area contributed by atoms with Gasteiger partial charge in [-0.3, -0.25) is 4.68 Å². The Balaban J connectivity index is 1.52. The molecule has 25 heavy (non-hydrogen) atoms. The van der Waals surface area contributed by atoms with E-state index in [1.807, 2.05) is 41.2 Å². The predicted molar refractivity (Wildman–Crippen MR) is 93.2 cm³/mol. The van der Waals surface area contributed by atoms with Gasteiger partial charge in [-0.2, -0.15) is 5.10 Å². The van der Waals surface area contributed by atoms with Gasteiger partial charge in [-0.25, -0.2) is 9.18 Å². The van der Waals surface area contributed by atoms with Crippen molar-refractivity contribution < 1.29 is 9.18 Å². The van der Waals surface area contributed by atoms with Crippen molar-refractivity contribution in [2.75, 3.05) is 0 Å². The van der Waals surface area contributed by atoms with E-state index >= 15 is 0 Å². The van der Waals surface area contributed by atoms with Gasteiger partial charge in [-0.05, 0) is 34.9 Å². The van der Waals surface area contributed by atoms with Gasteiger partial charge in [0.1, 0.15) is 5.82 Å². The second kappa shape index (κ2) is 8.10. The van der Waals surface area contributed by atoms with Crippen LogP contribution in [0.5, 0.6) is 0 Å². The average molecular weight is 338 g/mol. The standard InChI is InChI=1S/C19H19FN4O/c20-18-8-6-15(7-9-18)12-21-19(25)22-13-16-4-1-2-5-17(16)14-24-11-3-10-23-24/h1-11H,12-14H2,(H2,21,22,25). The third kappa shape index (κ3) is 4.91. The van der Waals surface area contributed by atoms with Gasteiger partial charge in [0.25, 0.3) is 0 Å². The van der Waals surface area contributed by atoms with Crippen LogP contribution in [0.4, 0.5) is 9.18 Å². The van der Waals surface area contributed by atoms with Crippen molar-refractivity contribution in [1.29, 1.82) is 0 Å². The van der Waals surface area contributed by atoms with E-state index in [0.717, 1.165) is 16.7 Å². The molecule has 5 nitrogen and oxygen atoms in total. The molecule has 0 saturated carbocycles. The van der Waals surface area contributed by atoms with Crippen molar-refractivity contribution in [2.24, 2.45) is 0 Å². The van der Waals surface area contributed by atoms with Crippen LogP contribution in [-0.2, 0) is 19.6 Å². The van der Waals surface area contributed by atoms with Gasteiger partial charge in [-0.15, -0.1) is 0 Å². The first-order valence-corrected chi connectivity index (χ1v) is 8.01. The number of hydrogen-bond acceptors (Lipinski definition) is 2. The van der Waals surface area contributed by atoms with Crippen LogP contribution in [0.2, 0.25) is 0 Å². The maximum Gasteiger partial charge on any atom is 0.315 e. The highest BCUT2D eigenvalue weighted by Crippen LogP contribution is 2.10. The summed E-state index contributed by atoms with van der Waals surface area (Å²) >= 11 is 0. The van der Waals surface area contributed by atoms with Crippen LogP contribution in [0.1, 0.15) is 16.7 Å². The second-order valence-electron chi connectivity index (χ2n) is 5.64. The molecule has 0 fully saturated rings. The summed E-state index contributed by atoms with van der Waals surface area (Å²) in [7, 11) is 0. The summed E-state index contributed by atoms with van der Waals surface area (Å²) < 4.78 is 14.7. The molecule has 0 aliphatic carbocycles. The molecule has 2 N–H and O–H groups in total. The number of carbonyl (C=O) groups excluding carboxylic acids is 1. The molecule has 1 aromatic heterocycles. The summed E-state index contributed by atoms with van der Waals surface area (Å²) in [5.41, 5.74) is 2.98. The molecule has 0 aliphatic heterocycles. The van der Waals surface area contributed by atoms with Crippen molar-refractivity contribution >= 4 is 6.03 Å². The lowest BCUT2D eigenvalue weighted by Crippen LogP contribution is -2.34. The average Bonchev–Trinajstić information content (AvgIpc) is 3.13. The topological polar surface area (TPSA) is 59.0 Å². The third-order valence-electron chi connectivity index (χ3n) is 3.82. The molecule has 6 heteroatoms. The van der Waals surface area contributed by atoms with Gasteiger partial charge < -0.3 is 10.6 Å². The summed E-state index contributed by atoms with van der Waals surface area (Å²) in [6.07, 6.45) is 3.64. The van der Waals surface area contributed by atoms with E-state index in [1.165, 1.54) is 12.1 Å². The number of urea groups is 1. The van der Waals surface area contributed by atoms with Gasteiger partial charge >= 0.3 is 6.03 Å². The fourth-order valence-electron chi connectivity index (χ4n) is 2.48. The Kier molecular flexibility index (Phi) is 5.41. The van der Waals surface area contributed by atoms with E-state index in [-0.39, 0.29) is 11.8 Å². The zero-order valence-corrected chi connectivity index (χ0v) is 13.7. The van der Waals surface area contributed by atoms with E-state index in [9.17, 15) is 9.18 Å². The Labute approximate surface area is 145 Å². The Morgan fingerprint density at radius 3 is 2.40 bits per heavy atom. The lowest BCUT2D eigenvalue weighted by molar-refractivity contribution is 0.240. The minimum Gasteiger partial charge on any atom is -0.334 e. The number of aromatic nitrogens is 2. The highest BCUT2D eigenvalue weighted by Gasteiger charge is 2.05. The number of hydrogen-bond donors (Lipinski definition) is 2. The quantitative estimate of drug-likeness (QED) is 0.726. The summed E-state index contributed by atoms with van der Waals surface area (Å²) in [5, 5.41) is 9.82. The van der Waals surface area contributed by atoms with Gasteiger partial charge in [0.2, 0.25) is 0 Å². The fourth-order valence-corrected chi connectivity index (χ4v) is 2.48. The van der Waals surface area contributed by atoms with Gasteiger partial charge in [0, 0.05) is 25.5 Å². The Morgan fingerprint density at radius 1 is 0.960 bits per heavy atom. The van der Waals surface area contributed by atoms with Crippen LogP contribution in [-0.4, -0.2) is 15.8 Å². The molecule has 0 bridgehead atoms. The molecule has 0 unspecified atom stereocenters. The first kappa shape index (κ1) is 16.7. The number of halogens is 1. The number of nitrogens with zero attached hydrogens (tertiary/aromatic N) is 2.